The first-order valence-corrected chi connectivity index (χ1v) is 4.58. The smallest absolute Gasteiger partial charge is 0.219 e. The van der Waals surface area contributed by atoms with Gasteiger partial charge in [0.1, 0.15) is 0 Å². The van der Waals surface area contributed by atoms with E-state index in [4.69, 9.17) is 0 Å². The van der Waals surface area contributed by atoms with Gasteiger partial charge in [0.25, 0.3) is 0 Å². The van der Waals surface area contributed by atoms with E-state index >= 15 is 0 Å². The Morgan fingerprint density at radius 1 is 1.67 bits per heavy atom. The summed E-state index contributed by atoms with van der Waals surface area (Å²) in [6.07, 6.45) is 1.48. The number of piperidine rings is 1. The van der Waals surface area contributed by atoms with E-state index in [1.165, 1.54) is 0 Å². The molecule has 2 atom stereocenters. The molecule has 0 aromatic carbocycles. The van der Waals surface area contributed by atoms with Crippen molar-refractivity contribution in [3.63, 3.8) is 0 Å². The zero-order chi connectivity index (χ0) is 9.14. The van der Waals surface area contributed by atoms with Gasteiger partial charge in [-0.15, -0.1) is 0 Å². The maximum absolute atomic E-state index is 11.0. The molecule has 1 fully saturated rings. The van der Waals surface area contributed by atoms with Crippen molar-refractivity contribution in [1.82, 2.24) is 4.90 Å². The minimum absolute atomic E-state index is 0.125. The molecule has 0 aliphatic carbocycles. The van der Waals surface area contributed by atoms with Crippen LogP contribution in [-0.4, -0.2) is 35.1 Å². The Bertz CT molecular complexity index is 170. The van der Waals surface area contributed by atoms with Crippen LogP contribution >= 0.6 is 0 Å². The Balaban J connectivity index is 2.49. The van der Waals surface area contributed by atoms with Gasteiger partial charge in [0.15, 0.2) is 0 Å². The van der Waals surface area contributed by atoms with Crippen molar-refractivity contribution >= 4 is 5.91 Å². The Hall–Kier alpha value is -0.570. The van der Waals surface area contributed by atoms with Crippen molar-refractivity contribution in [2.24, 2.45) is 5.92 Å². The topological polar surface area (TPSA) is 40.5 Å². The summed E-state index contributed by atoms with van der Waals surface area (Å²) >= 11 is 0. The third-order valence-electron chi connectivity index (χ3n) is 2.66. The quantitative estimate of drug-likeness (QED) is 0.628. The number of aliphatic hydroxyl groups excluding tert-OH is 1. The molecule has 0 aromatic heterocycles. The maximum Gasteiger partial charge on any atom is 0.219 e. The number of nitrogens with zero attached hydrogens (tertiary/aromatic N) is 1. The summed E-state index contributed by atoms with van der Waals surface area (Å²) in [6.45, 7) is 5.09. The molecule has 70 valence electrons. The van der Waals surface area contributed by atoms with Crippen molar-refractivity contribution in [2.45, 2.75) is 32.8 Å². The van der Waals surface area contributed by atoms with Gasteiger partial charge < -0.3 is 10.0 Å². The summed E-state index contributed by atoms with van der Waals surface area (Å²) in [6, 6.07) is 0. The number of aliphatic hydroxyl groups is 1. The van der Waals surface area contributed by atoms with E-state index < -0.39 is 0 Å². The summed E-state index contributed by atoms with van der Waals surface area (Å²) in [7, 11) is 0. The van der Waals surface area contributed by atoms with Crippen molar-refractivity contribution in [3.8, 4) is 0 Å². The van der Waals surface area contributed by atoms with Crippen LogP contribution in [0.15, 0.2) is 0 Å². The molecule has 1 aliphatic heterocycles. The first-order chi connectivity index (χ1) is 5.65. The number of rotatable bonds is 1. The van der Waals surface area contributed by atoms with Crippen molar-refractivity contribution in [2.75, 3.05) is 13.1 Å². The second-order valence-corrected chi connectivity index (χ2v) is 3.49. The van der Waals surface area contributed by atoms with Crippen molar-refractivity contribution in [1.29, 1.82) is 0 Å². The monoisotopic (exact) mass is 171 g/mol. The number of hydrogen-bond acceptors (Lipinski definition) is 2. The predicted molar refractivity (Wildman–Crippen MR) is 46.7 cm³/mol. The Morgan fingerprint density at radius 2 is 2.33 bits per heavy atom. The predicted octanol–water partition coefficient (Wildman–Crippen LogP) is 0.626. The van der Waals surface area contributed by atoms with Crippen LogP contribution in [0.4, 0.5) is 0 Å². The molecular formula is C9H17NO2. The van der Waals surface area contributed by atoms with Crippen molar-refractivity contribution < 1.29 is 9.90 Å². The largest absolute Gasteiger partial charge is 0.393 e. The van der Waals surface area contributed by atoms with Crippen LogP contribution in [0, 0.1) is 5.92 Å². The molecule has 1 heterocycles. The molecule has 3 nitrogen and oxygen atoms in total. The number of hydrogen-bond donors (Lipinski definition) is 1. The van der Waals surface area contributed by atoms with Gasteiger partial charge in [-0.25, -0.2) is 0 Å². The normalized spacial score (nSPS) is 30.4. The first kappa shape index (κ1) is 9.52. The average Bonchev–Trinajstić information content (AvgIpc) is 2.05. The van der Waals surface area contributed by atoms with E-state index in [-0.39, 0.29) is 17.9 Å². The van der Waals surface area contributed by atoms with Gasteiger partial charge in [-0.1, -0.05) is 6.92 Å². The highest BCUT2D eigenvalue weighted by atomic mass is 16.3. The first-order valence-electron chi connectivity index (χ1n) is 4.58. The van der Waals surface area contributed by atoms with Crippen LogP contribution in [0.25, 0.3) is 0 Å². The molecule has 0 aromatic rings. The van der Waals surface area contributed by atoms with Gasteiger partial charge in [0, 0.05) is 25.9 Å². The average molecular weight is 171 g/mol. The van der Waals surface area contributed by atoms with Crippen LogP contribution in [0.2, 0.25) is 0 Å². The van der Waals surface area contributed by atoms with E-state index in [2.05, 4.69) is 6.92 Å². The number of carbonyl (C=O) groups is 1. The minimum Gasteiger partial charge on any atom is -0.393 e. The summed E-state index contributed by atoms with van der Waals surface area (Å²) in [4.78, 5) is 12.8. The molecule has 1 rings (SSSR count). The highest BCUT2D eigenvalue weighted by Crippen LogP contribution is 2.19. The second kappa shape index (κ2) is 3.90. The summed E-state index contributed by atoms with van der Waals surface area (Å²) < 4.78 is 0. The third kappa shape index (κ3) is 1.97. The number of amides is 1. The molecule has 0 spiro atoms. The zero-order valence-electron chi connectivity index (χ0n) is 7.79. The molecule has 0 unspecified atom stereocenters. The molecular weight excluding hydrogens is 154 g/mol. The van der Waals surface area contributed by atoms with E-state index in [1.807, 2.05) is 4.90 Å². The Morgan fingerprint density at radius 3 is 2.83 bits per heavy atom. The lowest BCUT2D eigenvalue weighted by Crippen LogP contribution is -2.44. The lowest BCUT2D eigenvalue weighted by atomic mass is 9.92. The van der Waals surface area contributed by atoms with E-state index in [0.29, 0.717) is 6.54 Å². The highest BCUT2D eigenvalue weighted by Gasteiger charge is 2.27. The fourth-order valence-electron chi connectivity index (χ4n) is 1.71. The lowest BCUT2D eigenvalue weighted by Gasteiger charge is -2.35. The van der Waals surface area contributed by atoms with E-state index in [1.54, 1.807) is 6.92 Å². The SMILES string of the molecule is CC[C@H]1CN(C(C)=O)CC[C@@H]1O. The van der Waals surface area contributed by atoms with Gasteiger partial charge in [-0.2, -0.15) is 0 Å². The molecule has 0 saturated carbocycles. The van der Waals surface area contributed by atoms with E-state index in [9.17, 15) is 9.90 Å². The molecule has 1 N–H and O–H groups in total. The van der Waals surface area contributed by atoms with Crippen LogP contribution in [-0.2, 0) is 4.79 Å². The fraction of sp³-hybridized carbons (Fsp3) is 0.889. The van der Waals surface area contributed by atoms with Gasteiger partial charge >= 0.3 is 0 Å². The highest BCUT2D eigenvalue weighted by molar-refractivity contribution is 5.73. The number of carbonyl (C=O) groups excluding carboxylic acids is 1. The molecule has 12 heavy (non-hydrogen) atoms. The van der Waals surface area contributed by atoms with Crippen molar-refractivity contribution in [3.05, 3.63) is 0 Å². The fourth-order valence-corrected chi connectivity index (χ4v) is 1.71. The van der Waals surface area contributed by atoms with Crippen LogP contribution in [0.1, 0.15) is 26.7 Å². The number of likely N-dealkylation sites (tertiary alicyclic amines) is 1. The third-order valence-corrected chi connectivity index (χ3v) is 2.66. The van der Waals surface area contributed by atoms with Crippen LogP contribution < -0.4 is 0 Å². The van der Waals surface area contributed by atoms with Gasteiger partial charge in [0.2, 0.25) is 5.91 Å². The van der Waals surface area contributed by atoms with Crippen LogP contribution in [0.5, 0.6) is 0 Å². The second-order valence-electron chi connectivity index (χ2n) is 3.49. The summed E-state index contributed by atoms with van der Waals surface area (Å²) in [5, 5.41) is 9.53. The van der Waals surface area contributed by atoms with Gasteiger partial charge in [-0.05, 0) is 12.8 Å². The maximum atomic E-state index is 11.0. The lowest BCUT2D eigenvalue weighted by molar-refractivity contribution is -0.132. The summed E-state index contributed by atoms with van der Waals surface area (Å²) in [5.74, 6) is 0.406. The molecule has 0 bridgehead atoms. The standard InChI is InChI=1S/C9H17NO2/c1-3-8-6-10(7(2)11)5-4-9(8)12/h8-9,12H,3-6H2,1-2H3/t8-,9-/m0/s1. The zero-order valence-corrected chi connectivity index (χ0v) is 7.79. The van der Waals surface area contributed by atoms with E-state index in [0.717, 1.165) is 19.4 Å². The Kier molecular flexibility index (Phi) is 3.09. The van der Waals surface area contributed by atoms with Gasteiger partial charge in [-0.3, -0.25) is 4.79 Å². The molecule has 0 radical (unpaired) electrons. The summed E-state index contributed by atoms with van der Waals surface area (Å²) in [5.41, 5.74) is 0. The molecule has 1 aliphatic rings. The Labute approximate surface area is 73.4 Å². The molecule has 1 amide bonds. The van der Waals surface area contributed by atoms with Crippen LogP contribution in [0.3, 0.4) is 0 Å². The minimum atomic E-state index is -0.203. The van der Waals surface area contributed by atoms with Gasteiger partial charge in [0.05, 0.1) is 6.10 Å². The molecule has 1 saturated heterocycles. The molecule has 3 heteroatoms.